The van der Waals surface area contributed by atoms with Crippen LogP contribution >= 0.6 is 0 Å². The van der Waals surface area contributed by atoms with E-state index in [1.165, 1.54) is 50.3 Å². The molecule has 0 aliphatic heterocycles. The summed E-state index contributed by atoms with van der Waals surface area (Å²) in [5, 5.41) is 9.61. The van der Waals surface area contributed by atoms with E-state index in [-0.39, 0.29) is 5.41 Å². The molecule has 1 N–H and O–H groups in total. The van der Waals surface area contributed by atoms with Gasteiger partial charge in [-0.1, -0.05) is 24.3 Å². The number of hydrogen-bond donors (Lipinski definition) is 1. The van der Waals surface area contributed by atoms with Crippen LogP contribution in [0, 0.1) is 17.8 Å². The third kappa shape index (κ3) is 2.32. The van der Waals surface area contributed by atoms with Gasteiger partial charge >= 0.3 is 5.97 Å². The number of aromatic carboxylic acids is 1. The Balaban J connectivity index is 1.67. The third-order valence-electron chi connectivity index (χ3n) is 6.88. The normalized spacial score (nSPS) is 32.7. The van der Waals surface area contributed by atoms with Gasteiger partial charge in [0.15, 0.2) is 0 Å². The summed E-state index contributed by atoms with van der Waals surface area (Å²) in [6, 6.07) is 10.4. The van der Waals surface area contributed by atoms with Crippen molar-refractivity contribution in [2.24, 2.45) is 17.8 Å². The molecule has 4 saturated carbocycles. The Kier molecular flexibility index (Phi) is 3.28. The predicted octanol–water partition coefficient (Wildman–Crippen LogP) is 4.91. The van der Waals surface area contributed by atoms with Crippen molar-refractivity contribution in [3.63, 3.8) is 0 Å². The molecule has 2 aromatic rings. The Labute approximate surface area is 148 Å². The van der Waals surface area contributed by atoms with E-state index in [9.17, 15) is 9.90 Å². The fourth-order valence-corrected chi connectivity index (χ4v) is 6.42. The Hall–Kier alpha value is -2.16. The third-order valence-corrected chi connectivity index (χ3v) is 6.88. The molecule has 1 aromatic carbocycles. The summed E-state index contributed by atoms with van der Waals surface area (Å²) in [5.41, 5.74) is 3.85. The Bertz CT molecular complexity index is 806. The summed E-state index contributed by atoms with van der Waals surface area (Å²) in [7, 11) is 0. The van der Waals surface area contributed by atoms with E-state index in [4.69, 9.17) is 0 Å². The van der Waals surface area contributed by atoms with Gasteiger partial charge in [0, 0.05) is 12.4 Å². The number of nitrogens with zero attached hydrogens (tertiary/aromatic N) is 1. The van der Waals surface area contributed by atoms with Crippen LogP contribution in [0.1, 0.15) is 54.4 Å². The summed E-state index contributed by atoms with van der Waals surface area (Å²) in [4.78, 5) is 15.7. The zero-order valence-electron chi connectivity index (χ0n) is 14.3. The first-order valence-electron chi connectivity index (χ1n) is 9.42. The fourth-order valence-electron chi connectivity index (χ4n) is 6.42. The topological polar surface area (TPSA) is 50.2 Å². The first-order chi connectivity index (χ1) is 12.1. The highest BCUT2D eigenvalue weighted by Crippen LogP contribution is 2.61. The highest BCUT2D eigenvalue weighted by Gasteiger charge is 2.52. The van der Waals surface area contributed by atoms with E-state index < -0.39 is 5.97 Å². The standard InChI is InChI=1S/C22H23NO2/c24-21(25)19-13-23-6-5-17(19)18-3-1-2-4-20(18)22-10-14-7-15(11-22)9-16(8-14)12-22/h1-6,13-16H,7-12H2,(H,24,25). The smallest absolute Gasteiger partial charge is 0.337 e. The summed E-state index contributed by atoms with van der Waals surface area (Å²) in [6.07, 6.45) is 11.3. The highest BCUT2D eigenvalue weighted by molar-refractivity contribution is 5.96. The number of pyridine rings is 1. The summed E-state index contributed by atoms with van der Waals surface area (Å²) in [5.74, 6) is 1.71. The monoisotopic (exact) mass is 333 g/mol. The van der Waals surface area contributed by atoms with Crippen molar-refractivity contribution in [3.05, 3.63) is 53.9 Å². The number of carbonyl (C=O) groups is 1. The van der Waals surface area contributed by atoms with E-state index >= 15 is 0 Å². The molecular weight excluding hydrogens is 310 g/mol. The zero-order chi connectivity index (χ0) is 17.0. The van der Waals surface area contributed by atoms with E-state index in [0.29, 0.717) is 5.56 Å². The second-order valence-corrected chi connectivity index (χ2v) is 8.47. The van der Waals surface area contributed by atoms with Crippen LogP contribution in [0.5, 0.6) is 0 Å². The molecule has 1 heterocycles. The van der Waals surface area contributed by atoms with Gasteiger partial charge in [0.1, 0.15) is 0 Å². The molecule has 1 aromatic heterocycles. The second-order valence-electron chi connectivity index (χ2n) is 8.47. The molecule has 0 saturated heterocycles. The van der Waals surface area contributed by atoms with Gasteiger partial charge in [0.2, 0.25) is 0 Å². The summed E-state index contributed by atoms with van der Waals surface area (Å²) >= 11 is 0. The average Bonchev–Trinajstić information content (AvgIpc) is 2.60. The number of carboxylic acids is 1. The van der Waals surface area contributed by atoms with Crippen LogP contribution in [-0.2, 0) is 5.41 Å². The average molecular weight is 333 g/mol. The maximum atomic E-state index is 11.7. The molecule has 3 nitrogen and oxygen atoms in total. The maximum Gasteiger partial charge on any atom is 0.337 e. The Morgan fingerprint density at radius 2 is 1.60 bits per heavy atom. The Morgan fingerprint density at radius 1 is 0.960 bits per heavy atom. The number of aromatic nitrogens is 1. The van der Waals surface area contributed by atoms with Crippen molar-refractivity contribution < 1.29 is 9.90 Å². The van der Waals surface area contributed by atoms with Crippen molar-refractivity contribution in [1.82, 2.24) is 4.98 Å². The minimum atomic E-state index is -0.900. The molecule has 4 fully saturated rings. The molecule has 25 heavy (non-hydrogen) atoms. The number of benzene rings is 1. The predicted molar refractivity (Wildman–Crippen MR) is 96.5 cm³/mol. The Morgan fingerprint density at radius 3 is 2.24 bits per heavy atom. The van der Waals surface area contributed by atoms with Gasteiger partial charge in [-0.2, -0.15) is 0 Å². The van der Waals surface area contributed by atoms with Crippen LogP contribution in [0.25, 0.3) is 11.1 Å². The van der Waals surface area contributed by atoms with Gasteiger partial charge in [-0.25, -0.2) is 4.79 Å². The number of hydrogen-bond acceptors (Lipinski definition) is 2. The van der Waals surface area contributed by atoms with E-state index in [1.54, 1.807) is 6.20 Å². The van der Waals surface area contributed by atoms with Crippen LogP contribution in [0.15, 0.2) is 42.7 Å². The largest absolute Gasteiger partial charge is 0.478 e. The zero-order valence-corrected chi connectivity index (χ0v) is 14.3. The highest BCUT2D eigenvalue weighted by atomic mass is 16.4. The quantitative estimate of drug-likeness (QED) is 0.868. The van der Waals surface area contributed by atoms with Crippen molar-refractivity contribution in [1.29, 1.82) is 0 Å². The van der Waals surface area contributed by atoms with E-state index in [2.05, 4.69) is 23.2 Å². The van der Waals surface area contributed by atoms with Crippen LogP contribution in [0.3, 0.4) is 0 Å². The first-order valence-corrected chi connectivity index (χ1v) is 9.42. The lowest BCUT2D eigenvalue weighted by Crippen LogP contribution is -2.48. The van der Waals surface area contributed by atoms with E-state index in [0.717, 1.165) is 28.9 Å². The second kappa shape index (κ2) is 5.42. The van der Waals surface area contributed by atoms with Crippen LogP contribution in [-0.4, -0.2) is 16.1 Å². The molecule has 0 atom stereocenters. The molecule has 0 unspecified atom stereocenters. The fraction of sp³-hybridized carbons (Fsp3) is 0.455. The van der Waals surface area contributed by atoms with Crippen molar-refractivity contribution in [2.75, 3.05) is 0 Å². The molecule has 3 heteroatoms. The molecule has 4 aliphatic rings. The van der Waals surface area contributed by atoms with Gasteiger partial charge < -0.3 is 5.11 Å². The van der Waals surface area contributed by atoms with Crippen LogP contribution in [0.4, 0.5) is 0 Å². The first kappa shape index (κ1) is 15.1. The van der Waals surface area contributed by atoms with E-state index in [1.807, 2.05) is 12.1 Å². The molecular formula is C22H23NO2. The minimum absolute atomic E-state index is 0.254. The molecule has 0 amide bonds. The van der Waals surface area contributed by atoms with Gasteiger partial charge in [0.05, 0.1) is 5.56 Å². The molecule has 6 rings (SSSR count). The van der Waals surface area contributed by atoms with Crippen LogP contribution < -0.4 is 0 Å². The number of carboxylic acid groups (broad SMARTS) is 1. The summed E-state index contributed by atoms with van der Waals surface area (Å²) in [6.45, 7) is 0. The molecule has 4 bridgehead atoms. The van der Waals surface area contributed by atoms with Gasteiger partial charge in [-0.15, -0.1) is 0 Å². The van der Waals surface area contributed by atoms with Crippen molar-refractivity contribution in [3.8, 4) is 11.1 Å². The lowest BCUT2D eigenvalue weighted by atomic mass is 9.47. The SMILES string of the molecule is O=C(O)c1cnccc1-c1ccccc1C12CC3CC(CC(C3)C1)C2. The lowest BCUT2D eigenvalue weighted by molar-refractivity contribution is -0.00493. The number of rotatable bonds is 3. The van der Waals surface area contributed by atoms with Gasteiger partial charge in [-0.3, -0.25) is 4.98 Å². The lowest BCUT2D eigenvalue weighted by Gasteiger charge is -2.57. The van der Waals surface area contributed by atoms with Gasteiger partial charge in [-0.05, 0) is 84.5 Å². The van der Waals surface area contributed by atoms with Crippen molar-refractivity contribution in [2.45, 2.75) is 43.9 Å². The molecule has 0 spiro atoms. The molecule has 0 radical (unpaired) electrons. The van der Waals surface area contributed by atoms with Crippen LogP contribution in [0.2, 0.25) is 0 Å². The minimum Gasteiger partial charge on any atom is -0.478 e. The summed E-state index contributed by atoms with van der Waals surface area (Å²) < 4.78 is 0. The van der Waals surface area contributed by atoms with Crippen molar-refractivity contribution >= 4 is 5.97 Å². The van der Waals surface area contributed by atoms with Gasteiger partial charge in [0.25, 0.3) is 0 Å². The maximum absolute atomic E-state index is 11.7. The molecule has 4 aliphatic carbocycles. The molecule has 128 valence electrons.